The molecule has 1 aliphatic heterocycles. The van der Waals surface area contributed by atoms with Crippen molar-refractivity contribution in [1.29, 1.82) is 0 Å². The summed E-state index contributed by atoms with van der Waals surface area (Å²) in [6.07, 6.45) is 1.60. The highest BCUT2D eigenvalue weighted by atomic mass is 16.4. The lowest BCUT2D eigenvalue weighted by Crippen LogP contribution is -2.48. The molecule has 0 spiro atoms. The fraction of sp³-hybridized carbons (Fsp3) is 0.636. The molecule has 1 rings (SSSR count). The number of carboxylic acid groups (broad SMARTS) is 1. The van der Waals surface area contributed by atoms with Crippen LogP contribution in [0.4, 0.5) is 4.79 Å². The van der Waals surface area contributed by atoms with Crippen LogP contribution in [0.5, 0.6) is 0 Å². The molecule has 0 aromatic rings. The fourth-order valence-electron chi connectivity index (χ4n) is 1.87. The molecule has 0 saturated carbocycles. The standard InChI is InChI=1S/C11H18N2O4/c1-3-4-7(2)12-11(17)13-6-8(14)5-9(13)10(15)16/h3,7-9,14H,1,4-6H2,2H3,(H,12,17)(H,15,16)/t7?,8-,9-/m0/s1. The van der Waals surface area contributed by atoms with Crippen LogP contribution in [0.1, 0.15) is 19.8 Å². The van der Waals surface area contributed by atoms with E-state index in [0.29, 0.717) is 6.42 Å². The maximum Gasteiger partial charge on any atom is 0.326 e. The lowest BCUT2D eigenvalue weighted by molar-refractivity contribution is -0.141. The fourth-order valence-corrected chi connectivity index (χ4v) is 1.87. The third-order valence-electron chi connectivity index (χ3n) is 2.72. The van der Waals surface area contributed by atoms with Crippen LogP contribution in [0, 0.1) is 0 Å². The van der Waals surface area contributed by atoms with E-state index in [-0.39, 0.29) is 19.0 Å². The van der Waals surface area contributed by atoms with Crippen LogP contribution in [0.15, 0.2) is 12.7 Å². The number of carbonyl (C=O) groups is 2. The Kier molecular flexibility index (Phi) is 4.51. The van der Waals surface area contributed by atoms with Crippen molar-refractivity contribution in [3.63, 3.8) is 0 Å². The molecule has 1 heterocycles. The Bertz CT molecular complexity index is 319. The first-order valence-electron chi connectivity index (χ1n) is 5.54. The van der Waals surface area contributed by atoms with Crippen molar-refractivity contribution >= 4 is 12.0 Å². The van der Waals surface area contributed by atoms with Crippen LogP contribution < -0.4 is 5.32 Å². The molecule has 1 fully saturated rings. The Labute approximate surface area is 99.9 Å². The summed E-state index contributed by atoms with van der Waals surface area (Å²) < 4.78 is 0. The number of aliphatic hydroxyl groups is 1. The Morgan fingerprint density at radius 3 is 2.82 bits per heavy atom. The molecule has 6 nitrogen and oxygen atoms in total. The number of carbonyl (C=O) groups excluding carboxylic acids is 1. The van der Waals surface area contributed by atoms with Gasteiger partial charge < -0.3 is 20.4 Å². The molecule has 2 amide bonds. The number of urea groups is 1. The maximum atomic E-state index is 11.8. The molecule has 6 heteroatoms. The molecule has 0 aliphatic carbocycles. The number of β-amino-alcohol motifs (C(OH)–C–C–N with tert-alkyl or cyclic N) is 1. The van der Waals surface area contributed by atoms with Crippen molar-refractivity contribution < 1.29 is 19.8 Å². The second-order valence-corrected chi connectivity index (χ2v) is 4.27. The molecule has 1 saturated heterocycles. The van der Waals surface area contributed by atoms with Crippen molar-refractivity contribution in [2.24, 2.45) is 0 Å². The topological polar surface area (TPSA) is 89.9 Å². The highest BCUT2D eigenvalue weighted by Crippen LogP contribution is 2.18. The van der Waals surface area contributed by atoms with Crippen LogP contribution in [0.2, 0.25) is 0 Å². The van der Waals surface area contributed by atoms with Crippen LogP contribution in [-0.2, 0) is 4.79 Å². The van der Waals surface area contributed by atoms with Gasteiger partial charge in [-0.05, 0) is 13.3 Å². The first-order chi connectivity index (χ1) is 7.95. The second kappa shape index (κ2) is 5.67. The number of hydrogen-bond acceptors (Lipinski definition) is 3. The van der Waals surface area contributed by atoms with Gasteiger partial charge >= 0.3 is 12.0 Å². The van der Waals surface area contributed by atoms with Gasteiger partial charge in [0.15, 0.2) is 0 Å². The van der Waals surface area contributed by atoms with E-state index in [1.165, 1.54) is 0 Å². The van der Waals surface area contributed by atoms with Gasteiger partial charge in [-0.1, -0.05) is 6.08 Å². The maximum absolute atomic E-state index is 11.8. The van der Waals surface area contributed by atoms with E-state index in [1.54, 1.807) is 6.08 Å². The molecule has 0 bridgehead atoms. The number of carboxylic acids is 1. The summed E-state index contributed by atoms with van der Waals surface area (Å²) in [5.41, 5.74) is 0. The van der Waals surface area contributed by atoms with Crippen LogP contribution in [0.25, 0.3) is 0 Å². The van der Waals surface area contributed by atoms with Crippen molar-refractivity contribution in [1.82, 2.24) is 10.2 Å². The minimum absolute atomic E-state index is 0.0591. The molecule has 3 N–H and O–H groups in total. The summed E-state index contributed by atoms with van der Waals surface area (Å²) in [6.45, 7) is 5.43. The van der Waals surface area contributed by atoms with Crippen LogP contribution in [0.3, 0.4) is 0 Å². The molecular formula is C11H18N2O4. The average Bonchev–Trinajstić information content (AvgIpc) is 2.60. The molecule has 0 radical (unpaired) electrons. The first-order valence-corrected chi connectivity index (χ1v) is 5.54. The van der Waals surface area contributed by atoms with Crippen LogP contribution >= 0.6 is 0 Å². The monoisotopic (exact) mass is 242 g/mol. The van der Waals surface area contributed by atoms with E-state index in [2.05, 4.69) is 11.9 Å². The summed E-state index contributed by atoms with van der Waals surface area (Å²) in [4.78, 5) is 23.9. The smallest absolute Gasteiger partial charge is 0.326 e. The lowest BCUT2D eigenvalue weighted by Gasteiger charge is -2.23. The van der Waals surface area contributed by atoms with Gasteiger partial charge in [0, 0.05) is 19.0 Å². The van der Waals surface area contributed by atoms with Gasteiger partial charge in [0.1, 0.15) is 6.04 Å². The number of aliphatic hydroxyl groups excluding tert-OH is 1. The summed E-state index contributed by atoms with van der Waals surface area (Å²) >= 11 is 0. The molecule has 17 heavy (non-hydrogen) atoms. The van der Waals surface area contributed by atoms with Gasteiger partial charge in [0.2, 0.25) is 0 Å². The van der Waals surface area contributed by atoms with Gasteiger partial charge in [-0.25, -0.2) is 9.59 Å². The predicted octanol–water partition coefficient (Wildman–Crippen LogP) is 0.180. The molecule has 1 unspecified atom stereocenters. The minimum Gasteiger partial charge on any atom is -0.480 e. The Hall–Kier alpha value is -1.56. The third kappa shape index (κ3) is 3.45. The molecule has 0 aromatic heterocycles. The van der Waals surface area contributed by atoms with Crippen molar-refractivity contribution in [2.75, 3.05) is 6.54 Å². The lowest BCUT2D eigenvalue weighted by atomic mass is 10.2. The highest BCUT2D eigenvalue weighted by molar-refractivity contribution is 5.83. The summed E-state index contributed by atoms with van der Waals surface area (Å²) in [7, 11) is 0. The van der Waals surface area contributed by atoms with E-state index in [0.717, 1.165) is 4.90 Å². The Balaban J connectivity index is 2.61. The first kappa shape index (κ1) is 13.5. The quantitative estimate of drug-likeness (QED) is 0.613. The van der Waals surface area contributed by atoms with Crippen molar-refractivity contribution in [3.8, 4) is 0 Å². The number of likely N-dealkylation sites (tertiary alicyclic amines) is 1. The zero-order valence-electron chi connectivity index (χ0n) is 9.80. The van der Waals surface area contributed by atoms with E-state index >= 15 is 0 Å². The van der Waals surface area contributed by atoms with Gasteiger partial charge in [-0.2, -0.15) is 0 Å². The molecule has 3 atom stereocenters. The number of nitrogens with one attached hydrogen (secondary N) is 1. The normalized spacial score (nSPS) is 25.4. The molecule has 96 valence electrons. The van der Waals surface area contributed by atoms with Gasteiger partial charge in [0.05, 0.1) is 6.10 Å². The van der Waals surface area contributed by atoms with E-state index in [9.17, 15) is 14.7 Å². The van der Waals surface area contributed by atoms with Gasteiger partial charge in [-0.15, -0.1) is 6.58 Å². The predicted molar refractivity (Wildman–Crippen MR) is 61.6 cm³/mol. The van der Waals surface area contributed by atoms with Gasteiger partial charge in [0.25, 0.3) is 0 Å². The average molecular weight is 242 g/mol. The molecule has 1 aliphatic rings. The number of nitrogens with zero attached hydrogens (tertiary/aromatic N) is 1. The third-order valence-corrected chi connectivity index (χ3v) is 2.72. The summed E-state index contributed by atoms with van der Waals surface area (Å²) in [5.74, 6) is -1.09. The van der Waals surface area contributed by atoms with Crippen molar-refractivity contribution in [2.45, 2.75) is 38.0 Å². The number of hydrogen-bond donors (Lipinski definition) is 3. The van der Waals surface area contributed by atoms with Gasteiger partial charge in [-0.3, -0.25) is 0 Å². The summed E-state index contributed by atoms with van der Waals surface area (Å²) in [6, 6.07) is -1.50. The molecular weight excluding hydrogens is 224 g/mol. The van der Waals surface area contributed by atoms with Crippen molar-refractivity contribution in [3.05, 3.63) is 12.7 Å². The largest absolute Gasteiger partial charge is 0.480 e. The Morgan fingerprint density at radius 1 is 1.65 bits per heavy atom. The zero-order chi connectivity index (χ0) is 13.0. The summed E-state index contributed by atoms with van der Waals surface area (Å²) in [5, 5.41) is 21.0. The number of aliphatic carboxylic acids is 1. The Morgan fingerprint density at radius 2 is 2.29 bits per heavy atom. The van der Waals surface area contributed by atoms with E-state index < -0.39 is 24.1 Å². The molecule has 0 aromatic carbocycles. The van der Waals surface area contributed by atoms with Crippen LogP contribution in [-0.4, -0.2) is 51.8 Å². The zero-order valence-corrected chi connectivity index (χ0v) is 9.80. The highest BCUT2D eigenvalue weighted by Gasteiger charge is 2.39. The minimum atomic E-state index is -1.09. The number of amides is 2. The second-order valence-electron chi connectivity index (χ2n) is 4.27. The van der Waals surface area contributed by atoms with E-state index in [1.807, 2.05) is 6.92 Å². The number of rotatable bonds is 4. The SMILES string of the molecule is C=CCC(C)NC(=O)N1C[C@@H](O)C[C@H]1C(=O)O. The van der Waals surface area contributed by atoms with E-state index in [4.69, 9.17) is 5.11 Å².